The van der Waals surface area contributed by atoms with E-state index in [-0.39, 0.29) is 6.10 Å². The first-order valence-electron chi connectivity index (χ1n) is 8.95. The topological polar surface area (TPSA) is 20.2 Å². The molecule has 0 spiro atoms. The molecular formula is C19H34O. The van der Waals surface area contributed by atoms with Crippen LogP contribution in [0, 0.1) is 28.1 Å². The molecule has 0 heterocycles. The van der Waals surface area contributed by atoms with E-state index in [0.717, 1.165) is 12.3 Å². The first-order chi connectivity index (χ1) is 9.27. The minimum atomic E-state index is -0.0709. The molecule has 4 aliphatic carbocycles. The van der Waals surface area contributed by atoms with Gasteiger partial charge in [0.05, 0.1) is 6.10 Å². The number of aliphatic hydroxyl groups excluding tert-OH is 1. The van der Waals surface area contributed by atoms with E-state index in [1.54, 1.807) is 0 Å². The van der Waals surface area contributed by atoms with Gasteiger partial charge in [0.15, 0.2) is 0 Å². The third kappa shape index (κ3) is 2.56. The van der Waals surface area contributed by atoms with Gasteiger partial charge in [0.1, 0.15) is 0 Å². The van der Waals surface area contributed by atoms with Crippen LogP contribution >= 0.6 is 0 Å². The maximum absolute atomic E-state index is 10.7. The smallest absolute Gasteiger partial charge is 0.0571 e. The van der Waals surface area contributed by atoms with Crippen molar-refractivity contribution in [2.75, 3.05) is 0 Å². The molecule has 4 atom stereocenters. The highest BCUT2D eigenvalue weighted by Crippen LogP contribution is 2.70. The third-order valence-corrected chi connectivity index (χ3v) is 6.78. The molecule has 20 heavy (non-hydrogen) atoms. The van der Waals surface area contributed by atoms with Crippen molar-refractivity contribution in [3.8, 4) is 0 Å². The second-order valence-corrected chi connectivity index (χ2v) is 9.67. The molecular weight excluding hydrogens is 244 g/mol. The summed E-state index contributed by atoms with van der Waals surface area (Å²) in [5, 5.41) is 10.7. The van der Waals surface area contributed by atoms with Gasteiger partial charge in [-0.2, -0.15) is 0 Å². The van der Waals surface area contributed by atoms with Crippen LogP contribution in [0.25, 0.3) is 0 Å². The lowest BCUT2D eigenvalue weighted by atomic mass is 9.39. The van der Waals surface area contributed by atoms with E-state index in [1.807, 2.05) is 0 Å². The van der Waals surface area contributed by atoms with Crippen LogP contribution in [-0.4, -0.2) is 11.2 Å². The van der Waals surface area contributed by atoms with E-state index in [1.165, 1.54) is 51.4 Å². The molecule has 1 heteroatoms. The van der Waals surface area contributed by atoms with E-state index in [0.29, 0.717) is 22.2 Å². The van der Waals surface area contributed by atoms with Crippen LogP contribution in [0.2, 0.25) is 0 Å². The van der Waals surface area contributed by atoms with Gasteiger partial charge in [-0.1, -0.05) is 34.1 Å². The molecule has 4 bridgehead atoms. The maximum Gasteiger partial charge on any atom is 0.0571 e. The lowest BCUT2D eigenvalue weighted by molar-refractivity contribution is -0.159. The highest BCUT2D eigenvalue weighted by molar-refractivity contribution is 5.10. The first kappa shape index (κ1) is 14.9. The Hall–Kier alpha value is -0.0400. The van der Waals surface area contributed by atoms with Crippen molar-refractivity contribution in [2.24, 2.45) is 28.1 Å². The summed E-state index contributed by atoms with van der Waals surface area (Å²) in [6.07, 6.45) is 11.9. The van der Waals surface area contributed by atoms with Crippen molar-refractivity contribution < 1.29 is 5.11 Å². The molecule has 0 aliphatic heterocycles. The third-order valence-electron chi connectivity index (χ3n) is 6.78. The van der Waals surface area contributed by atoms with E-state index >= 15 is 0 Å². The first-order valence-corrected chi connectivity index (χ1v) is 8.95. The average molecular weight is 278 g/mol. The minimum Gasteiger partial charge on any atom is -0.393 e. The van der Waals surface area contributed by atoms with Gasteiger partial charge in [-0.25, -0.2) is 0 Å². The van der Waals surface area contributed by atoms with E-state index in [9.17, 15) is 5.11 Å². The summed E-state index contributed by atoms with van der Waals surface area (Å²) in [6, 6.07) is 0. The number of rotatable bonds is 5. The van der Waals surface area contributed by atoms with Gasteiger partial charge >= 0.3 is 0 Å². The van der Waals surface area contributed by atoms with Crippen molar-refractivity contribution >= 4 is 0 Å². The molecule has 0 aromatic carbocycles. The Morgan fingerprint density at radius 3 is 2.15 bits per heavy atom. The normalized spacial score (nSPS) is 49.4. The van der Waals surface area contributed by atoms with Crippen LogP contribution in [0.3, 0.4) is 0 Å². The van der Waals surface area contributed by atoms with Crippen LogP contribution in [0.1, 0.15) is 85.5 Å². The van der Waals surface area contributed by atoms with Gasteiger partial charge in [-0.3, -0.25) is 0 Å². The van der Waals surface area contributed by atoms with Crippen molar-refractivity contribution in [2.45, 2.75) is 91.6 Å². The molecule has 4 aliphatic rings. The maximum atomic E-state index is 10.7. The summed E-state index contributed by atoms with van der Waals surface area (Å²) >= 11 is 0. The summed E-state index contributed by atoms with van der Waals surface area (Å²) in [5.74, 6) is 1.43. The van der Waals surface area contributed by atoms with Crippen molar-refractivity contribution in [3.63, 3.8) is 0 Å². The van der Waals surface area contributed by atoms with Crippen LogP contribution in [-0.2, 0) is 0 Å². The van der Waals surface area contributed by atoms with Crippen LogP contribution < -0.4 is 0 Å². The van der Waals surface area contributed by atoms with Crippen molar-refractivity contribution in [1.82, 2.24) is 0 Å². The molecule has 4 rings (SSSR count). The van der Waals surface area contributed by atoms with E-state index < -0.39 is 0 Å². The summed E-state index contributed by atoms with van der Waals surface area (Å²) in [7, 11) is 0. The fourth-order valence-corrected chi connectivity index (χ4v) is 7.20. The zero-order chi connectivity index (χ0) is 14.6. The lowest BCUT2D eigenvalue weighted by Gasteiger charge is -2.66. The fourth-order valence-electron chi connectivity index (χ4n) is 7.20. The zero-order valence-corrected chi connectivity index (χ0v) is 14.0. The molecule has 0 radical (unpaired) electrons. The summed E-state index contributed by atoms with van der Waals surface area (Å²) in [6.45, 7) is 9.55. The fraction of sp³-hybridized carbons (Fsp3) is 1.00. The Morgan fingerprint density at radius 2 is 1.65 bits per heavy atom. The summed E-state index contributed by atoms with van der Waals surface area (Å²) in [5.41, 5.74) is 1.65. The summed E-state index contributed by atoms with van der Waals surface area (Å²) < 4.78 is 0. The quantitative estimate of drug-likeness (QED) is 0.735. The number of hydrogen-bond acceptors (Lipinski definition) is 1. The molecule has 0 saturated heterocycles. The lowest BCUT2D eigenvalue weighted by Crippen LogP contribution is -2.55. The van der Waals surface area contributed by atoms with Crippen LogP contribution in [0.5, 0.6) is 0 Å². The average Bonchev–Trinajstić information content (AvgIpc) is 2.23. The van der Waals surface area contributed by atoms with Gasteiger partial charge in [0.2, 0.25) is 0 Å². The predicted molar refractivity (Wildman–Crippen MR) is 84.5 cm³/mol. The second kappa shape index (κ2) is 4.73. The molecule has 4 saturated carbocycles. The molecule has 4 fully saturated rings. The number of hydrogen-bond donors (Lipinski definition) is 1. The van der Waals surface area contributed by atoms with Crippen LogP contribution in [0.4, 0.5) is 0 Å². The minimum absolute atomic E-state index is 0.0709. The second-order valence-electron chi connectivity index (χ2n) is 9.67. The largest absolute Gasteiger partial charge is 0.393 e. The molecule has 1 N–H and O–H groups in total. The molecule has 0 aromatic heterocycles. The monoisotopic (exact) mass is 278 g/mol. The predicted octanol–water partition coefficient (Wildman–Crippen LogP) is 5.17. The SMILES string of the molecule is CCCC(C)C(O)CC12CC3CC(C)(CC(C)(C3)C1)C2. The highest BCUT2D eigenvalue weighted by atomic mass is 16.3. The van der Waals surface area contributed by atoms with E-state index in [4.69, 9.17) is 0 Å². The summed E-state index contributed by atoms with van der Waals surface area (Å²) in [4.78, 5) is 0. The Labute approximate surface area is 125 Å². The Bertz CT molecular complexity index is 356. The molecule has 0 amide bonds. The van der Waals surface area contributed by atoms with Crippen molar-refractivity contribution in [1.29, 1.82) is 0 Å². The van der Waals surface area contributed by atoms with Gasteiger partial charge in [-0.05, 0) is 79.4 Å². The van der Waals surface area contributed by atoms with Crippen LogP contribution in [0.15, 0.2) is 0 Å². The Morgan fingerprint density at radius 1 is 1.05 bits per heavy atom. The number of aliphatic hydroxyl groups is 1. The molecule has 116 valence electrons. The Kier molecular flexibility index (Phi) is 3.52. The van der Waals surface area contributed by atoms with E-state index in [2.05, 4.69) is 27.7 Å². The van der Waals surface area contributed by atoms with Gasteiger partial charge in [-0.15, -0.1) is 0 Å². The molecule has 1 nitrogen and oxygen atoms in total. The van der Waals surface area contributed by atoms with Gasteiger partial charge < -0.3 is 5.11 Å². The zero-order valence-electron chi connectivity index (χ0n) is 14.0. The molecule has 4 unspecified atom stereocenters. The standard InChI is InChI=1S/C19H34O/c1-5-6-14(2)16(20)10-19-9-15-7-17(3,12-19)11-18(4,8-15)13-19/h14-16,20H,5-13H2,1-4H3. The highest BCUT2D eigenvalue weighted by Gasteiger charge is 2.60. The molecule has 0 aromatic rings. The van der Waals surface area contributed by atoms with Gasteiger partial charge in [0.25, 0.3) is 0 Å². The Balaban J connectivity index is 1.75. The van der Waals surface area contributed by atoms with Gasteiger partial charge in [0, 0.05) is 0 Å². The van der Waals surface area contributed by atoms with Crippen molar-refractivity contribution in [3.05, 3.63) is 0 Å².